The predicted molar refractivity (Wildman–Crippen MR) is 81.0 cm³/mol. The van der Waals surface area contributed by atoms with Gasteiger partial charge in [0, 0.05) is 46.7 Å². The molecule has 2 aromatic rings. The van der Waals surface area contributed by atoms with Gasteiger partial charge >= 0.3 is 0 Å². The molecule has 5 heteroatoms. The summed E-state index contributed by atoms with van der Waals surface area (Å²) in [7, 11) is 1.68. The van der Waals surface area contributed by atoms with Crippen molar-refractivity contribution in [3.8, 4) is 0 Å². The summed E-state index contributed by atoms with van der Waals surface area (Å²) < 4.78 is 0.957. The quantitative estimate of drug-likeness (QED) is 0.857. The maximum Gasteiger partial charge on any atom is 0.0718 e. The second-order valence-corrected chi connectivity index (χ2v) is 4.95. The average Bonchev–Trinajstić information content (AvgIpc) is 2.38. The van der Waals surface area contributed by atoms with Gasteiger partial charge in [-0.15, -0.1) is 0 Å². The number of nitrogens with two attached hydrogens (primary N) is 1. The Morgan fingerprint density at radius 3 is 2.94 bits per heavy atom. The van der Waals surface area contributed by atoms with E-state index in [1.54, 1.807) is 19.5 Å². The van der Waals surface area contributed by atoms with Crippen LogP contribution in [-0.4, -0.2) is 18.2 Å². The molecule has 0 spiro atoms. The summed E-state index contributed by atoms with van der Waals surface area (Å²) in [6.45, 7) is 0. The van der Waals surface area contributed by atoms with E-state index in [1.807, 2.05) is 18.2 Å². The average molecular weight is 325 g/mol. The Morgan fingerprint density at radius 2 is 2.28 bits per heavy atom. The van der Waals surface area contributed by atoms with Crippen LogP contribution in [-0.2, 0) is 0 Å². The molecular formula is C13H11BrClN3. The van der Waals surface area contributed by atoms with Gasteiger partial charge in [-0.3, -0.25) is 9.98 Å². The molecule has 0 bridgehead atoms. The molecular weight excluding hydrogens is 314 g/mol. The van der Waals surface area contributed by atoms with Crippen molar-refractivity contribution in [1.29, 1.82) is 0 Å². The normalized spacial score (nSPS) is 12.5. The van der Waals surface area contributed by atoms with Gasteiger partial charge in [-0.25, -0.2) is 0 Å². The van der Waals surface area contributed by atoms with Gasteiger partial charge < -0.3 is 5.73 Å². The number of aromatic nitrogens is 1. The maximum absolute atomic E-state index is 6.40. The number of rotatable bonds is 2. The molecule has 18 heavy (non-hydrogen) atoms. The Labute approximate surface area is 119 Å². The summed E-state index contributed by atoms with van der Waals surface area (Å²) in [5.41, 5.74) is 7.95. The lowest BCUT2D eigenvalue weighted by atomic mass is 10.1. The zero-order valence-corrected chi connectivity index (χ0v) is 12.0. The second-order valence-electron chi connectivity index (χ2n) is 3.66. The van der Waals surface area contributed by atoms with E-state index in [4.69, 9.17) is 17.3 Å². The van der Waals surface area contributed by atoms with Crippen LogP contribution in [0.15, 0.2) is 40.1 Å². The molecule has 0 atom stereocenters. The number of fused-ring (bicyclic) bond motifs is 1. The second kappa shape index (κ2) is 5.50. The number of allylic oxidation sites excluding steroid dienone is 1. The van der Waals surface area contributed by atoms with E-state index in [0.29, 0.717) is 5.02 Å². The van der Waals surface area contributed by atoms with E-state index in [2.05, 4.69) is 25.9 Å². The lowest BCUT2D eigenvalue weighted by Crippen LogP contribution is -1.94. The molecule has 2 rings (SSSR count). The molecule has 0 aliphatic heterocycles. The van der Waals surface area contributed by atoms with Crippen molar-refractivity contribution in [3.63, 3.8) is 0 Å². The number of pyridine rings is 1. The highest BCUT2D eigenvalue weighted by molar-refractivity contribution is 9.10. The molecule has 3 nitrogen and oxygen atoms in total. The van der Waals surface area contributed by atoms with Gasteiger partial charge in [0.1, 0.15) is 0 Å². The van der Waals surface area contributed by atoms with Crippen LogP contribution in [0.2, 0.25) is 5.02 Å². The van der Waals surface area contributed by atoms with Crippen molar-refractivity contribution in [2.75, 3.05) is 7.05 Å². The minimum Gasteiger partial charge on any atom is -0.404 e. The van der Waals surface area contributed by atoms with Crippen molar-refractivity contribution in [2.24, 2.45) is 10.7 Å². The van der Waals surface area contributed by atoms with Gasteiger partial charge in [0.25, 0.3) is 0 Å². The monoisotopic (exact) mass is 323 g/mol. The third-order valence-corrected chi connectivity index (χ3v) is 3.42. The fourth-order valence-corrected chi connectivity index (χ4v) is 2.35. The van der Waals surface area contributed by atoms with Gasteiger partial charge in [0.2, 0.25) is 0 Å². The lowest BCUT2D eigenvalue weighted by molar-refractivity contribution is 1.38. The molecule has 2 N–H and O–H groups in total. The molecule has 1 heterocycles. The molecule has 0 radical (unpaired) electrons. The summed E-state index contributed by atoms with van der Waals surface area (Å²) in [5, 5.41) is 1.50. The molecule has 0 unspecified atom stereocenters. The molecule has 92 valence electrons. The predicted octanol–water partition coefficient (Wildman–Crippen LogP) is 3.65. The Morgan fingerprint density at radius 1 is 1.50 bits per heavy atom. The van der Waals surface area contributed by atoms with Crippen LogP contribution in [0.1, 0.15) is 5.56 Å². The first-order chi connectivity index (χ1) is 8.67. The molecule has 0 aliphatic carbocycles. The Hall–Kier alpha value is -1.39. The van der Waals surface area contributed by atoms with E-state index >= 15 is 0 Å². The number of hydrogen-bond acceptors (Lipinski definition) is 3. The number of nitrogens with zero attached hydrogens (tertiary/aromatic N) is 2. The summed E-state index contributed by atoms with van der Waals surface area (Å²) in [6, 6.07) is 5.78. The van der Waals surface area contributed by atoms with E-state index in [0.717, 1.165) is 26.5 Å². The summed E-state index contributed by atoms with van der Waals surface area (Å²) in [6.07, 6.45) is 4.84. The maximum atomic E-state index is 6.40. The third kappa shape index (κ3) is 2.40. The van der Waals surface area contributed by atoms with Crippen molar-refractivity contribution in [2.45, 2.75) is 0 Å². The standard InChI is InChI=1S/C13H11BrClN3/c1-17-6-8(5-16)11-7-18-12-3-2-9(14)4-10(12)13(11)15/h2-7H,16H2,1H3. The first-order valence-corrected chi connectivity index (χ1v) is 6.42. The summed E-state index contributed by atoms with van der Waals surface area (Å²) in [4.78, 5) is 8.32. The van der Waals surface area contributed by atoms with Crippen LogP contribution in [0.4, 0.5) is 0 Å². The number of aliphatic imine (C=N–C) groups is 1. The van der Waals surface area contributed by atoms with Crippen molar-refractivity contribution >= 4 is 50.2 Å². The zero-order valence-electron chi connectivity index (χ0n) is 9.69. The SMILES string of the molecule is CN=CC(=CN)c1cnc2ccc(Br)cc2c1Cl. The highest BCUT2D eigenvalue weighted by Crippen LogP contribution is 2.31. The topological polar surface area (TPSA) is 51.3 Å². The number of halogens is 2. The van der Waals surface area contributed by atoms with Gasteiger partial charge in [0.15, 0.2) is 0 Å². The number of benzene rings is 1. The first kappa shape index (κ1) is 13.1. The van der Waals surface area contributed by atoms with Gasteiger partial charge in [-0.05, 0) is 18.2 Å². The summed E-state index contributed by atoms with van der Waals surface area (Å²) >= 11 is 9.83. The Kier molecular flexibility index (Phi) is 3.99. The van der Waals surface area contributed by atoms with Crippen LogP contribution in [0.5, 0.6) is 0 Å². The first-order valence-electron chi connectivity index (χ1n) is 5.25. The minimum atomic E-state index is 0.623. The van der Waals surface area contributed by atoms with Crippen LogP contribution < -0.4 is 5.73 Å². The largest absolute Gasteiger partial charge is 0.404 e. The Bertz CT molecular complexity index is 650. The molecule has 0 aliphatic rings. The molecule has 0 saturated carbocycles. The van der Waals surface area contributed by atoms with Crippen molar-refractivity contribution < 1.29 is 0 Å². The van der Waals surface area contributed by atoms with E-state index in [-0.39, 0.29) is 0 Å². The van der Waals surface area contributed by atoms with Crippen LogP contribution >= 0.6 is 27.5 Å². The fraction of sp³-hybridized carbons (Fsp3) is 0.0769. The molecule has 1 aromatic carbocycles. The van der Waals surface area contributed by atoms with E-state index < -0.39 is 0 Å². The zero-order chi connectivity index (χ0) is 13.1. The molecule has 0 fully saturated rings. The summed E-state index contributed by atoms with van der Waals surface area (Å²) in [5.74, 6) is 0. The lowest BCUT2D eigenvalue weighted by Gasteiger charge is -2.07. The molecule has 0 saturated heterocycles. The van der Waals surface area contributed by atoms with Crippen LogP contribution in [0.25, 0.3) is 16.5 Å². The van der Waals surface area contributed by atoms with Crippen LogP contribution in [0, 0.1) is 0 Å². The minimum absolute atomic E-state index is 0.623. The van der Waals surface area contributed by atoms with Gasteiger partial charge in [-0.1, -0.05) is 27.5 Å². The molecule has 0 amide bonds. The van der Waals surface area contributed by atoms with Crippen molar-refractivity contribution in [1.82, 2.24) is 4.98 Å². The Balaban J connectivity index is 2.71. The van der Waals surface area contributed by atoms with Gasteiger partial charge in [-0.2, -0.15) is 0 Å². The smallest absolute Gasteiger partial charge is 0.0718 e. The van der Waals surface area contributed by atoms with Crippen LogP contribution in [0.3, 0.4) is 0 Å². The third-order valence-electron chi connectivity index (χ3n) is 2.52. The van der Waals surface area contributed by atoms with E-state index in [9.17, 15) is 0 Å². The van der Waals surface area contributed by atoms with Gasteiger partial charge in [0.05, 0.1) is 10.5 Å². The highest BCUT2D eigenvalue weighted by atomic mass is 79.9. The number of hydrogen-bond donors (Lipinski definition) is 1. The van der Waals surface area contributed by atoms with E-state index in [1.165, 1.54) is 6.20 Å². The fourth-order valence-electron chi connectivity index (χ4n) is 1.68. The highest BCUT2D eigenvalue weighted by Gasteiger charge is 2.09. The molecule has 1 aromatic heterocycles. The van der Waals surface area contributed by atoms with Crippen molar-refractivity contribution in [3.05, 3.63) is 45.7 Å².